The summed E-state index contributed by atoms with van der Waals surface area (Å²) in [5.41, 5.74) is 3.34. The molecule has 0 saturated heterocycles. The molecular weight excluding hydrogens is 344 g/mol. The zero-order valence-electron chi connectivity index (χ0n) is 12.9. The molecule has 0 bridgehead atoms. The Hall–Kier alpha value is -1.33. The van der Waals surface area contributed by atoms with Crippen molar-refractivity contribution in [2.24, 2.45) is 0 Å². The molecule has 120 valence electrons. The van der Waals surface area contributed by atoms with E-state index in [9.17, 15) is 4.79 Å². The van der Waals surface area contributed by atoms with Crippen molar-refractivity contribution in [3.8, 4) is 0 Å². The number of fused-ring (bicyclic) bond motifs is 1. The third-order valence-electron chi connectivity index (χ3n) is 3.77. The largest absolute Gasteiger partial charge is 0.392 e. The van der Waals surface area contributed by atoms with E-state index in [-0.39, 0.29) is 12.6 Å². The number of carbonyl (C=O) groups is 1. The van der Waals surface area contributed by atoms with Crippen molar-refractivity contribution < 1.29 is 9.90 Å². The van der Waals surface area contributed by atoms with Gasteiger partial charge in [-0.05, 0) is 42.5 Å². The third kappa shape index (κ3) is 4.11. The number of anilines is 1. The summed E-state index contributed by atoms with van der Waals surface area (Å²) in [5, 5.41) is 11.9. The molecule has 1 heterocycles. The van der Waals surface area contributed by atoms with E-state index in [1.807, 2.05) is 11.0 Å². The molecule has 1 aromatic carbocycles. The van der Waals surface area contributed by atoms with Gasteiger partial charge in [-0.2, -0.15) is 0 Å². The van der Waals surface area contributed by atoms with Crippen LogP contribution in [0.5, 0.6) is 0 Å². The van der Waals surface area contributed by atoms with Crippen molar-refractivity contribution in [3.05, 3.63) is 39.9 Å². The summed E-state index contributed by atoms with van der Waals surface area (Å²) < 4.78 is 1.03. The van der Waals surface area contributed by atoms with E-state index >= 15 is 0 Å². The van der Waals surface area contributed by atoms with Crippen molar-refractivity contribution in [1.82, 2.24) is 5.32 Å². The van der Waals surface area contributed by atoms with Crippen LogP contribution in [0.1, 0.15) is 30.9 Å². The normalized spacial score (nSPS) is 13.7. The second kappa shape index (κ2) is 8.34. The average molecular weight is 367 g/mol. The van der Waals surface area contributed by atoms with Gasteiger partial charge in [-0.1, -0.05) is 41.4 Å². The summed E-state index contributed by atoms with van der Waals surface area (Å²) in [6, 6.07) is 4.13. The number of benzene rings is 1. The maximum absolute atomic E-state index is 12.4. The minimum absolute atomic E-state index is 0.0121. The maximum atomic E-state index is 12.4. The molecule has 2 N–H and O–H groups in total. The van der Waals surface area contributed by atoms with Crippen LogP contribution in [0, 0.1) is 0 Å². The Kier molecular flexibility index (Phi) is 6.46. The molecule has 5 heteroatoms. The summed E-state index contributed by atoms with van der Waals surface area (Å²) in [4.78, 5) is 14.2. The monoisotopic (exact) mass is 366 g/mol. The zero-order chi connectivity index (χ0) is 15.9. The Labute approximate surface area is 140 Å². The first-order valence-corrected chi connectivity index (χ1v) is 8.59. The highest BCUT2D eigenvalue weighted by molar-refractivity contribution is 9.10. The zero-order valence-corrected chi connectivity index (χ0v) is 14.5. The number of nitrogens with one attached hydrogen (secondary N) is 1. The fraction of sp³-hybridized carbons (Fsp3) is 0.471. The van der Waals surface area contributed by atoms with Gasteiger partial charge in [0, 0.05) is 17.6 Å². The van der Waals surface area contributed by atoms with Gasteiger partial charge in [-0.15, -0.1) is 0 Å². The van der Waals surface area contributed by atoms with Crippen LogP contribution in [0.15, 0.2) is 28.8 Å². The number of halogens is 1. The number of urea groups is 1. The van der Waals surface area contributed by atoms with Crippen LogP contribution in [-0.4, -0.2) is 30.8 Å². The lowest BCUT2D eigenvalue weighted by Gasteiger charge is -2.21. The minimum atomic E-state index is -0.0121. The smallest absolute Gasteiger partial charge is 0.321 e. The molecule has 1 aromatic rings. The predicted octanol–water partition coefficient (Wildman–Crippen LogP) is 3.41. The first-order chi connectivity index (χ1) is 10.7. The average Bonchev–Trinajstić information content (AvgIpc) is 2.91. The van der Waals surface area contributed by atoms with Crippen LogP contribution in [0.4, 0.5) is 10.5 Å². The fourth-order valence-corrected chi connectivity index (χ4v) is 3.26. The van der Waals surface area contributed by atoms with Crippen LogP contribution in [-0.2, 0) is 12.8 Å². The van der Waals surface area contributed by atoms with Crippen molar-refractivity contribution in [3.63, 3.8) is 0 Å². The van der Waals surface area contributed by atoms with Crippen LogP contribution >= 0.6 is 15.9 Å². The number of aliphatic hydroxyl groups is 1. The van der Waals surface area contributed by atoms with Crippen LogP contribution < -0.4 is 10.2 Å². The van der Waals surface area contributed by atoms with Crippen molar-refractivity contribution in [1.29, 1.82) is 0 Å². The number of hydrogen-bond acceptors (Lipinski definition) is 2. The molecule has 0 unspecified atom stereocenters. The molecule has 4 nitrogen and oxygen atoms in total. The Morgan fingerprint density at radius 2 is 2.27 bits per heavy atom. The maximum Gasteiger partial charge on any atom is 0.321 e. The van der Waals surface area contributed by atoms with Gasteiger partial charge in [-0.25, -0.2) is 4.79 Å². The second-order valence-corrected chi connectivity index (χ2v) is 6.33. The van der Waals surface area contributed by atoms with Gasteiger partial charge in [0.2, 0.25) is 0 Å². The van der Waals surface area contributed by atoms with Crippen molar-refractivity contribution in [2.75, 3.05) is 24.6 Å². The van der Waals surface area contributed by atoms with Gasteiger partial charge >= 0.3 is 6.03 Å². The summed E-state index contributed by atoms with van der Waals surface area (Å²) in [7, 11) is 0. The number of hydrogen-bond donors (Lipinski definition) is 2. The number of carbonyl (C=O) groups excluding carboxylic acids is 1. The van der Waals surface area contributed by atoms with E-state index in [2.05, 4.69) is 40.3 Å². The van der Waals surface area contributed by atoms with Crippen molar-refractivity contribution >= 4 is 27.6 Å². The summed E-state index contributed by atoms with van der Waals surface area (Å²) in [5.74, 6) is 0. The standard InChI is InChI=1S/C17H23BrN2O2/c1-2-3-8-19-17(22)20-9-7-14-12-15(18)11-13(16(14)20)6-4-5-10-21/h4-5,11-12,21H,2-3,6-10H2,1H3,(H,19,22)/b5-4-. The summed E-state index contributed by atoms with van der Waals surface area (Å²) >= 11 is 3.54. The molecule has 22 heavy (non-hydrogen) atoms. The van der Waals surface area contributed by atoms with E-state index in [4.69, 9.17) is 5.11 Å². The lowest BCUT2D eigenvalue weighted by molar-refractivity contribution is 0.246. The van der Waals surface area contributed by atoms with Gasteiger partial charge in [0.05, 0.1) is 12.3 Å². The first-order valence-electron chi connectivity index (χ1n) is 7.80. The second-order valence-electron chi connectivity index (χ2n) is 5.42. The Balaban J connectivity index is 2.20. The molecule has 1 aliphatic heterocycles. The summed E-state index contributed by atoms with van der Waals surface area (Å²) in [6.07, 6.45) is 7.33. The quantitative estimate of drug-likeness (QED) is 0.598. The molecule has 2 amide bonds. The Bertz CT molecular complexity index is 558. The van der Waals surface area contributed by atoms with Gasteiger partial charge in [0.25, 0.3) is 0 Å². The fourth-order valence-electron chi connectivity index (χ4n) is 2.71. The number of aliphatic hydroxyl groups excluding tert-OH is 1. The van der Waals surface area contributed by atoms with Gasteiger partial charge < -0.3 is 10.4 Å². The number of nitrogens with zero attached hydrogens (tertiary/aromatic N) is 1. The van der Waals surface area contributed by atoms with E-state index < -0.39 is 0 Å². The van der Waals surface area contributed by atoms with Crippen LogP contribution in [0.2, 0.25) is 0 Å². The number of unbranched alkanes of at least 4 members (excludes halogenated alkanes) is 1. The highest BCUT2D eigenvalue weighted by Gasteiger charge is 2.27. The lowest BCUT2D eigenvalue weighted by atomic mass is 10.0. The minimum Gasteiger partial charge on any atom is -0.392 e. The molecule has 1 aliphatic rings. The molecule has 0 aliphatic carbocycles. The van der Waals surface area contributed by atoms with E-state index in [0.717, 1.165) is 48.1 Å². The van der Waals surface area contributed by atoms with E-state index in [1.165, 1.54) is 5.56 Å². The SMILES string of the molecule is CCCCNC(=O)N1CCc2cc(Br)cc(C/C=C\CO)c21. The molecule has 0 spiro atoms. The number of rotatable bonds is 6. The summed E-state index contributed by atoms with van der Waals surface area (Å²) in [6.45, 7) is 3.59. The first kappa shape index (κ1) is 17.0. The van der Waals surface area contributed by atoms with Gasteiger partial charge in [-0.3, -0.25) is 4.90 Å². The Morgan fingerprint density at radius 1 is 1.45 bits per heavy atom. The van der Waals surface area contributed by atoms with Gasteiger partial charge in [0.15, 0.2) is 0 Å². The molecule has 0 radical (unpaired) electrons. The number of allylic oxidation sites excluding steroid dienone is 1. The Morgan fingerprint density at radius 3 is 3.00 bits per heavy atom. The van der Waals surface area contributed by atoms with E-state index in [0.29, 0.717) is 6.42 Å². The predicted molar refractivity (Wildman–Crippen MR) is 93.4 cm³/mol. The molecular formula is C17H23BrN2O2. The topological polar surface area (TPSA) is 52.6 Å². The van der Waals surface area contributed by atoms with E-state index in [1.54, 1.807) is 6.08 Å². The van der Waals surface area contributed by atoms with Crippen molar-refractivity contribution in [2.45, 2.75) is 32.6 Å². The highest BCUT2D eigenvalue weighted by atomic mass is 79.9. The lowest BCUT2D eigenvalue weighted by Crippen LogP contribution is -2.39. The van der Waals surface area contributed by atoms with Crippen LogP contribution in [0.25, 0.3) is 0 Å². The molecule has 0 atom stereocenters. The highest BCUT2D eigenvalue weighted by Crippen LogP contribution is 2.35. The number of amides is 2. The molecule has 0 aromatic heterocycles. The molecule has 2 rings (SSSR count). The van der Waals surface area contributed by atoms with Crippen LogP contribution in [0.3, 0.4) is 0 Å². The third-order valence-corrected chi connectivity index (χ3v) is 4.23. The van der Waals surface area contributed by atoms with Gasteiger partial charge in [0.1, 0.15) is 0 Å². The molecule has 0 saturated carbocycles. The molecule has 0 fully saturated rings.